The molecule has 20 heavy (non-hydrogen) atoms. The molecular formula is C13H11F3N2OS. The Kier molecular flexibility index (Phi) is 4.08. The number of carbonyl (C=O) groups is 1. The molecule has 0 saturated heterocycles. The summed E-state index contributed by atoms with van der Waals surface area (Å²) in [6, 6.07) is 4.76. The van der Waals surface area contributed by atoms with Crippen LogP contribution in [0.3, 0.4) is 0 Å². The molecule has 106 valence electrons. The predicted molar refractivity (Wildman–Crippen MR) is 69.4 cm³/mol. The van der Waals surface area contributed by atoms with Crippen molar-refractivity contribution in [2.24, 2.45) is 0 Å². The monoisotopic (exact) mass is 300 g/mol. The molecule has 1 heterocycles. The summed E-state index contributed by atoms with van der Waals surface area (Å²) in [5, 5.41) is 1.63. The molecule has 0 aliphatic heterocycles. The lowest BCUT2D eigenvalue weighted by Crippen LogP contribution is -2.26. The molecule has 0 saturated carbocycles. The van der Waals surface area contributed by atoms with Crippen molar-refractivity contribution in [1.29, 1.82) is 0 Å². The number of hydrogen-bond acceptors (Lipinski definition) is 3. The van der Waals surface area contributed by atoms with Crippen LogP contribution in [0.15, 0.2) is 35.2 Å². The molecule has 0 radical (unpaired) electrons. The first kappa shape index (κ1) is 14.5. The Bertz CT molecular complexity index is 579. The van der Waals surface area contributed by atoms with Crippen molar-refractivity contribution in [3.8, 4) is 0 Å². The maximum Gasteiger partial charge on any atom is 0.416 e. The molecule has 0 bridgehead atoms. The highest BCUT2D eigenvalue weighted by molar-refractivity contribution is 7.07. The number of nitrogens with zero attached hydrogens (tertiary/aromatic N) is 2. The van der Waals surface area contributed by atoms with Gasteiger partial charge in [-0.25, -0.2) is 4.98 Å². The number of halogens is 3. The normalized spacial score (nSPS) is 11.4. The summed E-state index contributed by atoms with van der Waals surface area (Å²) < 4.78 is 37.3. The Balaban J connectivity index is 2.05. The Morgan fingerprint density at radius 1 is 1.30 bits per heavy atom. The van der Waals surface area contributed by atoms with Crippen LogP contribution in [0.1, 0.15) is 21.6 Å². The topological polar surface area (TPSA) is 33.2 Å². The highest BCUT2D eigenvalue weighted by Gasteiger charge is 2.30. The third-order valence-electron chi connectivity index (χ3n) is 2.70. The lowest BCUT2D eigenvalue weighted by Gasteiger charge is -2.16. The molecule has 2 rings (SSSR count). The van der Waals surface area contributed by atoms with Gasteiger partial charge >= 0.3 is 6.18 Å². The van der Waals surface area contributed by atoms with Crippen LogP contribution in [-0.4, -0.2) is 22.8 Å². The van der Waals surface area contributed by atoms with Crippen molar-refractivity contribution in [1.82, 2.24) is 9.88 Å². The van der Waals surface area contributed by atoms with Gasteiger partial charge in [-0.05, 0) is 17.7 Å². The number of hydrogen-bond donors (Lipinski definition) is 0. The van der Waals surface area contributed by atoms with Gasteiger partial charge in [0.1, 0.15) is 5.69 Å². The first-order valence-corrected chi connectivity index (χ1v) is 6.62. The third-order valence-corrected chi connectivity index (χ3v) is 3.29. The van der Waals surface area contributed by atoms with E-state index in [0.717, 1.165) is 12.1 Å². The smallest absolute Gasteiger partial charge is 0.336 e. The van der Waals surface area contributed by atoms with Crippen LogP contribution in [0.4, 0.5) is 13.2 Å². The lowest BCUT2D eigenvalue weighted by atomic mass is 10.1. The van der Waals surface area contributed by atoms with Crippen molar-refractivity contribution < 1.29 is 18.0 Å². The number of aromatic nitrogens is 1. The fourth-order valence-corrected chi connectivity index (χ4v) is 2.18. The number of amides is 1. The van der Waals surface area contributed by atoms with E-state index >= 15 is 0 Å². The minimum Gasteiger partial charge on any atom is -0.336 e. The Morgan fingerprint density at radius 3 is 2.45 bits per heavy atom. The molecule has 1 amide bonds. The number of carbonyl (C=O) groups excluding carboxylic acids is 1. The average molecular weight is 300 g/mol. The highest BCUT2D eigenvalue weighted by atomic mass is 32.1. The molecule has 0 spiro atoms. The maximum absolute atomic E-state index is 12.4. The summed E-state index contributed by atoms with van der Waals surface area (Å²) in [5.74, 6) is -0.258. The minimum absolute atomic E-state index is 0.231. The standard InChI is InChI=1S/C13H11F3N2OS/c1-18(12(19)11-7-20-8-17-11)6-9-2-4-10(5-3-9)13(14,15)16/h2-5,7-8H,6H2,1H3. The van der Waals surface area contributed by atoms with E-state index in [9.17, 15) is 18.0 Å². The van der Waals surface area contributed by atoms with Gasteiger partial charge in [-0.1, -0.05) is 12.1 Å². The first-order valence-electron chi connectivity index (χ1n) is 5.67. The second kappa shape index (κ2) is 5.62. The summed E-state index contributed by atoms with van der Waals surface area (Å²) in [7, 11) is 1.58. The van der Waals surface area contributed by atoms with Gasteiger partial charge in [0.05, 0.1) is 11.1 Å². The Morgan fingerprint density at radius 2 is 1.95 bits per heavy atom. The summed E-state index contributed by atoms with van der Waals surface area (Å²) in [4.78, 5) is 17.2. The Hall–Kier alpha value is -1.89. The van der Waals surface area contributed by atoms with Crippen LogP contribution in [-0.2, 0) is 12.7 Å². The van der Waals surface area contributed by atoms with Crippen LogP contribution >= 0.6 is 11.3 Å². The number of rotatable bonds is 3. The van der Waals surface area contributed by atoms with Gasteiger partial charge in [-0.3, -0.25) is 4.79 Å². The molecule has 1 aromatic carbocycles. The molecule has 0 atom stereocenters. The summed E-state index contributed by atoms with van der Waals surface area (Å²) in [5.41, 5.74) is 1.82. The van der Waals surface area contributed by atoms with E-state index in [1.54, 1.807) is 17.9 Å². The summed E-state index contributed by atoms with van der Waals surface area (Å²) in [6.45, 7) is 0.231. The number of thiazole rings is 1. The van der Waals surface area contributed by atoms with Crippen molar-refractivity contribution in [3.63, 3.8) is 0 Å². The molecule has 0 fully saturated rings. The molecule has 7 heteroatoms. The van der Waals surface area contributed by atoms with Gasteiger partial charge in [0.15, 0.2) is 0 Å². The molecule has 0 unspecified atom stereocenters. The number of alkyl halides is 3. The van der Waals surface area contributed by atoms with Gasteiger partial charge < -0.3 is 4.90 Å². The van der Waals surface area contributed by atoms with Crippen LogP contribution in [0.2, 0.25) is 0 Å². The van der Waals surface area contributed by atoms with Crippen molar-refractivity contribution in [2.75, 3.05) is 7.05 Å². The van der Waals surface area contributed by atoms with Crippen LogP contribution < -0.4 is 0 Å². The highest BCUT2D eigenvalue weighted by Crippen LogP contribution is 2.29. The van der Waals surface area contributed by atoms with Crippen molar-refractivity contribution in [3.05, 3.63) is 52.0 Å². The minimum atomic E-state index is -4.35. The van der Waals surface area contributed by atoms with Crippen molar-refractivity contribution >= 4 is 17.2 Å². The predicted octanol–water partition coefficient (Wildman–Crippen LogP) is 3.43. The Labute approximate surface area is 117 Å². The van der Waals surface area contributed by atoms with E-state index in [2.05, 4.69) is 4.98 Å². The van der Waals surface area contributed by atoms with Gasteiger partial charge in [-0.2, -0.15) is 13.2 Å². The third kappa shape index (κ3) is 3.36. The van der Waals surface area contributed by atoms with E-state index < -0.39 is 11.7 Å². The van der Waals surface area contributed by atoms with E-state index in [4.69, 9.17) is 0 Å². The first-order chi connectivity index (χ1) is 9.38. The van der Waals surface area contributed by atoms with E-state index in [1.165, 1.54) is 28.4 Å². The van der Waals surface area contributed by atoms with E-state index in [0.29, 0.717) is 11.3 Å². The lowest BCUT2D eigenvalue weighted by molar-refractivity contribution is -0.137. The largest absolute Gasteiger partial charge is 0.416 e. The van der Waals surface area contributed by atoms with Crippen molar-refractivity contribution in [2.45, 2.75) is 12.7 Å². The molecular weight excluding hydrogens is 289 g/mol. The molecule has 0 aliphatic rings. The molecule has 0 N–H and O–H groups in total. The summed E-state index contributed by atoms with van der Waals surface area (Å²) >= 11 is 1.31. The second-order valence-corrected chi connectivity index (χ2v) is 4.95. The molecule has 2 aromatic rings. The van der Waals surface area contributed by atoms with Crippen LogP contribution in [0, 0.1) is 0 Å². The molecule has 3 nitrogen and oxygen atoms in total. The molecule has 1 aromatic heterocycles. The van der Waals surface area contributed by atoms with Gasteiger partial charge in [0.2, 0.25) is 0 Å². The van der Waals surface area contributed by atoms with Gasteiger partial charge in [0.25, 0.3) is 5.91 Å². The van der Waals surface area contributed by atoms with Gasteiger partial charge in [-0.15, -0.1) is 11.3 Å². The van der Waals surface area contributed by atoms with E-state index in [-0.39, 0.29) is 12.5 Å². The van der Waals surface area contributed by atoms with Crippen LogP contribution in [0.25, 0.3) is 0 Å². The average Bonchev–Trinajstić information content (AvgIpc) is 2.91. The quantitative estimate of drug-likeness (QED) is 0.870. The molecule has 0 aliphatic carbocycles. The van der Waals surface area contributed by atoms with E-state index in [1.807, 2.05) is 0 Å². The van der Waals surface area contributed by atoms with Crippen LogP contribution in [0.5, 0.6) is 0 Å². The fourth-order valence-electron chi connectivity index (χ4n) is 1.66. The SMILES string of the molecule is CN(Cc1ccc(C(F)(F)F)cc1)C(=O)c1cscn1. The zero-order valence-electron chi connectivity index (χ0n) is 10.5. The zero-order chi connectivity index (χ0) is 14.8. The fraction of sp³-hybridized carbons (Fsp3) is 0.231. The van der Waals surface area contributed by atoms with Gasteiger partial charge in [0, 0.05) is 19.0 Å². The zero-order valence-corrected chi connectivity index (χ0v) is 11.3. The summed E-state index contributed by atoms with van der Waals surface area (Å²) in [6.07, 6.45) is -4.35. The number of benzene rings is 1. The second-order valence-electron chi connectivity index (χ2n) is 4.23. The maximum atomic E-state index is 12.4.